The first kappa shape index (κ1) is 32.1. The first-order chi connectivity index (χ1) is 20.5. The number of piperazine rings is 1. The Kier molecular flexibility index (Phi) is 10.5. The molecule has 0 radical (unpaired) electrons. The number of hydrogen-bond acceptors (Lipinski definition) is 6. The number of carbonyl (C=O) groups is 2. The Morgan fingerprint density at radius 1 is 1.00 bits per heavy atom. The van der Waals surface area contributed by atoms with Gasteiger partial charge in [0, 0.05) is 36.8 Å². The molecule has 3 aromatic carbocycles. The average molecular weight is 615 g/mol. The standard InChI is InChI=1S/C31H36F2N4O5S/c1-20-18-34-19-26(37(20)43(3,40)41)15-14-21-8-4-5-13-27(21)35-30(38)29(36-31(39)42-2)28(22-9-6-11-24(32)16-22)23-10-7-12-25(33)17-23/h4-13,16-17,20,26,28-29,34H,14-15,18-19H2,1-3H3,(H,35,38)(H,36,39)/t20-,26-,29-/m0/s1. The Bertz CT molecular complexity index is 1510. The summed E-state index contributed by atoms with van der Waals surface area (Å²) in [5.74, 6) is -2.73. The van der Waals surface area contributed by atoms with E-state index in [9.17, 15) is 26.8 Å². The quantitative estimate of drug-likeness (QED) is 0.318. The van der Waals surface area contributed by atoms with Crippen LogP contribution in [0.2, 0.25) is 0 Å². The molecule has 0 unspecified atom stereocenters. The van der Waals surface area contributed by atoms with Crippen molar-refractivity contribution in [1.82, 2.24) is 14.9 Å². The van der Waals surface area contributed by atoms with Crippen LogP contribution in [-0.2, 0) is 26.0 Å². The highest BCUT2D eigenvalue weighted by Gasteiger charge is 2.35. The van der Waals surface area contributed by atoms with E-state index in [0.717, 1.165) is 12.7 Å². The minimum Gasteiger partial charge on any atom is -0.453 e. The van der Waals surface area contributed by atoms with Gasteiger partial charge in [-0.3, -0.25) is 4.79 Å². The lowest BCUT2D eigenvalue weighted by Crippen LogP contribution is -2.58. The number of nitrogens with one attached hydrogen (secondary N) is 3. The maximum Gasteiger partial charge on any atom is 0.407 e. The summed E-state index contributed by atoms with van der Waals surface area (Å²) >= 11 is 0. The van der Waals surface area contributed by atoms with Crippen molar-refractivity contribution in [3.05, 3.63) is 101 Å². The van der Waals surface area contributed by atoms with Crippen LogP contribution in [0.25, 0.3) is 0 Å². The smallest absolute Gasteiger partial charge is 0.407 e. The Labute approximate surface area is 250 Å². The monoisotopic (exact) mass is 614 g/mol. The van der Waals surface area contributed by atoms with Gasteiger partial charge in [-0.15, -0.1) is 0 Å². The zero-order valence-corrected chi connectivity index (χ0v) is 25.0. The Hall–Kier alpha value is -3.87. The van der Waals surface area contributed by atoms with E-state index in [2.05, 4.69) is 16.0 Å². The third-order valence-electron chi connectivity index (χ3n) is 7.51. The van der Waals surface area contributed by atoms with Crippen molar-refractivity contribution >= 4 is 27.7 Å². The lowest BCUT2D eigenvalue weighted by molar-refractivity contribution is -0.118. The molecule has 1 aliphatic heterocycles. The number of nitrogens with zero attached hydrogens (tertiary/aromatic N) is 1. The van der Waals surface area contributed by atoms with Gasteiger partial charge in [0.1, 0.15) is 17.7 Å². The molecule has 0 spiro atoms. The van der Waals surface area contributed by atoms with Crippen LogP contribution in [0.3, 0.4) is 0 Å². The Morgan fingerprint density at radius 3 is 2.21 bits per heavy atom. The van der Waals surface area contributed by atoms with Crippen LogP contribution in [-0.4, -0.2) is 69.3 Å². The molecule has 9 nitrogen and oxygen atoms in total. The van der Waals surface area contributed by atoms with Crippen LogP contribution >= 0.6 is 0 Å². The summed E-state index contributed by atoms with van der Waals surface area (Å²) in [6, 6.07) is 16.4. The molecule has 3 N–H and O–H groups in total. The number of carbonyl (C=O) groups excluding carboxylic acids is 2. The van der Waals surface area contributed by atoms with Gasteiger partial charge < -0.3 is 20.7 Å². The molecule has 2 amide bonds. The molecule has 0 saturated carbocycles. The van der Waals surface area contributed by atoms with Gasteiger partial charge in [0.15, 0.2) is 0 Å². The van der Waals surface area contributed by atoms with E-state index in [1.165, 1.54) is 47.0 Å². The average Bonchev–Trinajstić information content (AvgIpc) is 2.95. The fraction of sp³-hybridized carbons (Fsp3) is 0.355. The minimum atomic E-state index is -3.43. The van der Waals surface area contributed by atoms with Gasteiger partial charge in [-0.1, -0.05) is 42.5 Å². The summed E-state index contributed by atoms with van der Waals surface area (Å²) < 4.78 is 60.0. The van der Waals surface area contributed by atoms with Crippen LogP contribution in [0.4, 0.5) is 19.3 Å². The van der Waals surface area contributed by atoms with E-state index in [1.807, 2.05) is 19.1 Å². The van der Waals surface area contributed by atoms with Gasteiger partial charge in [-0.2, -0.15) is 4.31 Å². The molecule has 43 heavy (non-hydrogen) atoms. The van der Waals surface area contributed by atoms with Gasteiger partial charge >= 0.3 is 6.09 Å². The van der Waals surface area contributed by atoms with Crippen molar-refractivity contribution in [2.24, 2.45) is 0 Å². The summed E-state index contributed by atoms with van der Waals surface area (Å²) in [6.07, 6.45) is 1.26. The molecule has 0 bridgehead atoms. The first-order valence-corrected chi connectivity index (χ1v) is 15.8. The van der Waals surface area contributed by atoms with Crippen molar-refractivity contribution in [2.75, 3.05) is 31.8 Å². The van der Waals surface area contributed by atoms with Crippen LogP contribution in [0.15, 0.2) is 72.8 Å². The number of sulfonamides is 1. The summed E-state index contributed by atoms with van der Waals surface area (Å²) in [5, 5.41) is 8.72. The van der Waals surface area contributed by atoms with Crippen molar-refractivity contribution in [3.8, 4) is 0 Å². The van der Waals surface area contributed by atoms with Crippen molar-refractivity contribution in [1.29, 1.82) is 0 Å². The first-order valence-electron chi connectivity index (χ1n) is 13.9. The van der Waals surface area contributed by atoms with Crippen LogP contribution in [0, 0.1) is 11.6 Å². The topological polar surface area (TPSA) is 117 Å². The molecule has 0 aliphatic carbocycles. The molecule has 1 fully saturated rings. The van der Waals surface area contributed by atoms with E-state index in [4.69, 9.17) is 4.74 Å². The number of anilines is 1. The molecule has 3 atom stereocenters. The minimum absolute atomic E-state index is 0.198. The van der Waals surface area contributed by atoms with Gasteiger partial charge in [0.2, 0.25) is 15.9 Å². The molecule has 230 valence electrons. The van der Waals surface area contributed by atoms with Gasteiger partial charge in [0.05, 0.1) is 13.4 Å². The number of methoxy groups -OCH3 is 1. The van der Waals surface area contributed by atoms with Gasteiger partial charge in [-0.25, -0.2) is 22.0 Å². The maximum atomic E-state index is 14.3. The fourth-order valence-electron chi connectivity index (χ4n) is 5.68. The maximum absolute atomic E-state index is 14.3. The van der Waals surface area contributed by atoms with Crippen molar-refractivity contribution < 1.29 is 31.5 Å². The molecule has 12 heteroatoms. The van der Waals surface area contributed by atoms with Crippen molar-refractivity contribution in [3.63, 3.8) is 0 Å². The predicted molar refractivity (Wildman–Crippen MR) is 160 cm³/mol. The number of hydrogen-bond donors (Lipinski definition) is 3. The molecular weight excluding hydrogens is 578 g/mol. The molecule has 4 rings (SSSR count). The summed E-state index contributed by atoms with van der Waals surface area (Å²) in [5.41, 5.74) is 1.90. The highest BCUT2D eigenvalue weighted by molar-refractivity contribution is 7.88. The summed E-state index contributed by atoms with van der Waals surface area (Å²) in [6.45, 7) is 2.92. The number of ether oxygens (including phenoxy) is 1. The lowest BCUT2D eigenvalue weighted by atomic mass is 9.84. The largest absolute Gasteiger partial charge is 0.453 e. The second-order valence-electron chi connectivity index (χ2n) is 10.6. The molecular formula is C31H36F2N4O5S. The second kappa shape index (κ2) is 14.1. The molecule has 3 aromatic rings. The summed E-state index contributed by atoms with van der Waals surface area (Å²) in [4.78, 5) is 26.4. The number of amides is 2. The second-order valence-corrected chi connectivity index (χ2v) is 12.5. The number of benzene rings is 3. The third kappa shape index (κ3) is 8.15. The highest BCUT2D eigenvalue weighted by atomic mass is 32.2. The van der Waals surface area contributed by atoms with E-state index < -0.39 is 45.6 Å². The fourth-order valence-corrected chi connectivity index (χ4v) is 7.13. The van der Waals surface area contributed by atoms with Crippen LogP contribution in [0.1, 0.15) is 36.0 Å². The Morgan fingerprint density at radius 2 is 1.63 bits per heavy atom. The highest BCUT2D eigenvalue weighted by Crippen LogP contribution is 2.31. The molecule has 0 aromatic heterocycles. The SMILES string of the molecule is COC(=O)N[C@H](C(=O)Nc1ccccc1CC[C@H]1CNC[C@H](C)N1S(C)(=O)=O)C(c1cccc(F)c1)c1cccc(F)c1. The Balaban J connectivity index is 1.65. The molecule has 1 saturated heterocycles. The predicted octanol–water partition coefficient (Wildman–Crippen LogP) is 4.01. The van der Waals surface area contributed by atoms with Gasteiger partial charge in [-0.05, 0) is 66.8 Å². The molecule has 1 heterocycles. The van der Waals surface area contributed by atoms with Crippen LogP contribution < -0.4 is 16.0 Å². The van der Waals surface area contributed by atoms with E-state index >= 15 is 0 Å². The lowest BCUT2D eigenvalue weighted by Gasteiger charge is -2.39. The molecule has 1 aliphatic rings. The zero-order valence-electron chi connectivity index (χ0n) is 24.2. The number of para-hydroxylation sites is 1. The van der Waals surface area contributed by atoms with E-state index in [1.54, 1.807) is 24.3 Å². The van der Waals surface area contributed by atoms with Gasteiger partial charge in [0.25, 0.3) is 0 Å². The third-order valence-corrected chi connectivity index (χ3v) is 8.93. The number of rotatable bonds is 10. The number of alkyl carbamates (subject to hydrolysis) is 1. The summed E-state index contributed by atoms with van der Waals surface area (Å²) in [7, 11) is -2.28. The zero-order chi connectivity index (χ0) is 31.1. The van der Waals surface area contributed by atoms with Crippen LogP contribution in [0.5, 0.6) is 0 Å². The van der Waals surface area contributed by atoms with E-state index in [-0.39, 0.29) is 12.1 Å². The number of halogens is 2. The van der Waals surface area contributed by atoms with E-state index in [0.29, 0.717) is 42.7 Å². The number of aryl methyl sites for hydroxylation is 1. The van der Waals surface area contributed by atoms with Crippen molar-refractivity contribution in [2.45, 2.75) is 43.8 Å². The normalized spacial score (nSPS) is 18.2.